The van der Waals surface area contributed by atoms with Gasteiger partial charge in [-0.05, 0) is 0 Å². The van der Waals surface area contributed by atoms with Crippen molar-refractivity contribution in [3.63, 3.8) is 0 Å². The first kappa shape index (κ1) is 10.0. The zero-order valence-corrected chi connectivity index (χ0v) is 8.22. The van der Waals surface area contributed by atoms with Crippen LogP contribution in [0.2, 0.25) is 0 Å². The van der Waals surface area contributed by atoms with Gasteiger partial charge in [-0.2, -0.15) is 0 Å². The highest BCUT2D eigenvalue weighted by atomic mass is 16.5. The largest absolute Gasteiger partial charge is 0.464 e. The highest BCUT2D eigenvalue weighted by molar-refractivity contribution is 5.87. The molecule has 0 spiro atoms. The molecule has 1 N–H and O–H groups in total. The zero-order chi connectivity index (χ0) is 10.1. The van der Waals surface area contributed by atoms with Gasteiger partial charge in [-0.15, -0.1) is 0 Å². The molecule has 0 radical (unpaired) electrons. The van der Waals surface area contributed by atoms with Crippen molar-refractivity contribution in [3.8, 4) is 0 Å². The monoisotopic (exact) mass is 185 g/mol. The van der Waals surface area contributed by atoms with E-state index in [2.05, 4.69) is 5.32 Å². The molecular weight excluding hydrogens is 170 g/mol. The second-order valence-electron chi connectivity index (χ2n) is 4.23. The zero-order valence-electron chi connectivity index (χ0n) is 8.22. The lowest BCUT2D eigenvalue weighted by Gasteiger charge is -2.19. The van der Waals surface area contributed by atoms with Gasteiger partial charge in [0.15, 0.2) is 0 Å². The van der Waals surface area contributed by atoms with Crippen LogP contribution in [-0.2, 0) is 14.3 Å². The number of cyclic esters (lactones) is 1. The van der Waals surface area contributed by atoms with Crippen molar-refractivity contribution in [2.75, 3.05) is 6.61 Å². The van der Waals surface area contributed by atoms with Gasteiger partial charge in [0.05, 0.1) is 6.61 Å². The Hall–Kier alpha value is -1.06. The van der Waals surface area contributed by atoms with E-state index in [0.717, 1.165) is 0 Å². The summed E-state index contributed by atoms with van der Waals surface area (Å²) in [6.45, 7) is 5.84. The molecule has 1 heterocycles. The van der Waals surface area contributed by atoms with Gasteiger partial charge in [-0.1, -0.05) is 20.8 Å². The van der Waals surface area contributed by atoms with Crippen molar-refractivity contribution in [2.45, 2.75) is 33.2 Å². The summed E-state index contributed by atoms with van der Waals surface area (Å²) >= 11 is 0. The van der Waals surface area contributed by atoms with Gasteiger partial charge in [0.1, 0.15) is 6.04 Å². The maximum atomic E-state index is 11.4. The third-order valence-electron chi connectivity index (χ3n) is 1.92. The van der Waals surface area contributed by atoms with Crippen molar-refractivity contribution < 1.29 is 14.3 Å². The standard InChI is InChI=1S/C9H15NO3/c1-9(2,3)8(12)10-6-4-5-13-7(6)11/h6H,4-5H2,1-3H3,(H,10,12). The average Bonchev–Trinajstić information content (AvgIpc) is 2.34. The Balaban J connectivity index is 2.49. The number of carbonyl (C=O) groups excluding carboxylic acids is 2. The Bertz CT molecular complexity index is 230. The van der Waals surface area contributed by atoms with E-state index in [-0.39, 0.29) is 11.9 Å². The molecule has 0 aromatic carbocycles. The van der Waals surface area contributed by atoms with Crippen LogP contribution < -0.4 is 5.32 Å². The molecule has 1 unspecified atom stereocenters. The molecular formula is C9H15NO3. The predicted octanol–water partition coefficient (Wildman–Crippen LogP) is 0.464. The molecule has 0 aromatic heterocycles. The summed E-state index contributed by atoms with van der Waals surface area (Å²) in [7, 11) is 0. The Morgan fingerprint density at radius 3 is 2.54 bits per heavy atom. The second-order valence-corrected chi connectivity index (χ2v) is 4.23. The minimum Gasteiger partial charge on any atom is -0.464 e. The summed E-state index contributed by atoms with van der Waals surface area (Å²) in [5, 5.41) is 2.66. The Morgan fingerprint density at radius 1 is 1.54 bits per heavy atom. The van der Waals surface area contributed by atoms with Gasteiger partial charge in [-0.3, -0.25) is 4.79 Å². The van der Waals surface area contributed by atoms with E-state index >= 15 is 0 Å². The first-order chi connectivity index (χ1) is 5.91. The maximum absolute atomic E-state index is 11.4. The van der Waals surface area contributed by atoms with E-state index in [1.165, 1.54) is 0 Å². The molecule has 74 valence electrons. The first-order valence-corrected chi connectivity index (χ1v) is 4.39. The third kappa shape index (κ3) is 2.44. The highest BCUT2D eigenvalue weighted by Crippen LogP contribution is 2.15. The Morgan fingerprint density at radius 2 is 2.15 bits per heavy atom. The van der Waals surface area contributed by atoms with Crippen molar-refractivity contribution in [2.24, 2.45) is 5.41 Å². The van der Waals surface area contributed by atoms with Crippen LogP contribution in [0.5, 0.6) is 0 Å². The van der Waals surface area contributed by atoms with Crippen LogP contribution in [0.15, 0.2) is 0 Å². The summed E-state index contributed by atoms with van der Waals surface area (Å²) in [4.78, 5) is 22.4. The number of amides is 1. The normalized spacial score (nSPS) is 22.7. The topological polar surface area (TPSA) is 55.4 Å². The van der Waals surface area contributed by atoms with Gasteiger partial charge in [-0.25, -0.2) is 4.79 Å². The lowest BCUT2D eigenvalue weighted by molar-refractivity contribution is -0.142. The third-order valence-corrected chi connectivity index (χ3v) is 1.92. The molecule has 1 aliphatic rings. The second kappa shape index (κ2) is 3.36. The number of nitrogens with one attached hydrogen (secondary N) is 1. The molecule has 0 aliphatic carbocycles. The molecule has 1 amide bonds. The fourth-order valence-electron chi connectivity index (χ4n) is 1.00. The van der Waals surface area contributed by atoms with Crippen molar-refractivity contribution in [3.05, 3.63) is 0 Å². The van der Waals surface area contributed by atoms with Crippen molar-refractivity contribution in [1.82, 2.24) is 5.32 Å². The summed E-state index contributed by atoms with van der Waals surface area (Å²) in [5.74, 6) is -0.436. The van der Waals surface area contributed by atoms with E-state index in [1.54, 1.807) is 0 Å². The van der Waals surface area contributed by atoms with Gasteiger partial charge in [0.2, 0.25) is 5.91 Å². The van der Waals surface area contributed by atoms with Crippen LogP contribution in [0.3, 0.4) is 0 Å². The van der Waals surface area contributed by atoms with Crippen molar-refractivity contribution >= 4 is 11.9 Å². The van der Waals surface area contributed by atoms with Crippen LogP contribution in [0, 0.1) is 5.41 Å². The molecule has 13 heavy (non-hydrogen) atoms. The van der Waals surface area contributed by atoms with E-state index < -0.39 is 11.5 Å². The minimum atomic E-state index is -0.455. The summed E-state index contributed by atoms with van der Waals surface area (Å²) in [6, 6.07) is -0.438. The molecule has 1 atom stereocenters. The number of esters is 1. The maximum Gasteiger partial charge on any atom is 0.328 e. The predicted molar refractivity (Wildman–Crippen MR) is 47.0 cm³/mol. The number of carbonyl (C=O) groups is 2. The Labute approximate surface area is 77.6 Å². The van der Waals surface area contributed by atoms with E-state index in [9.17, 15) is 9.59 Å². The van der Waals surface area contributed by atoms with Crippen LogP contribution in [0.1, 0.15) is 27.2 Å². The minimum absolute atomic E-state index is 0.114. The molecule has 0 bridgehead atoms. The molecule has 0 saturated carbocycles. The molecule has 4 nitrogen and oxygen atoms in total. The molecule has 1 fully saturated rings. The van der Waals surface area contributed by atoms with Crippen LogP contribution in [0.4, 0.5) is 0 Å². The van der Waals surface area contributed by atoms with Gasteiger partial charge >= 0.3 is 5.97 Å². The number of hydrogen-bond acceptors (Lipinski definition) is 3. The molecule has 0 aromatic rings. The number of ether oxygens (including phenoxy) is 1. The fraction of sp³-hybridized carbons (Fsp3) is 0.778. The van der Waals surface area contributed by atoms with Gasteiger partial charge in [0, 0.05) is 11.8 Å². The number of rotatable bonds is 1. The van der Waals surface area contributed by atoms with Gasteiger partial charge < -0.3 is 10.1 Å². The highest BCUT2D eigenvalue weighted by Gasteiger charge is 2.31. The summed E-state index contributed by atoms with van der Waals surface area (Å²) < 4.78 is 4.73. The lowest BCUT2D eigenvalue weighted by Crippen LogP contribution is -2.43. The van der Waals surface area contributed by atoms with Crippen LogP contribution >= 0.6 is 0 Å². The first-order valence-electron chi connectivity index (χ1n) is 4.39. The number of hydrogen-bond donors (Lipinski definition) is 1. The fourth-order valence-corrected chi connectivity index (χ4v) is 1.00. The average molecular weight is 185 g/mol. The molecule has 4 heteroatoms. The Kier molecular flexibility index (Phi) is 2.59. The quantitative estimate of drug-likeness (QED) is 0.604. The van der Waals surface area contributed by atoms with Crippen LogP contribution in [-0.4, -0.2) is 24.5 Å². The molecule has 1 saturated heterocycles. The van der Waals surface area contributed by atoms with E-state index in [1.807, 2.05) is 20.8 Å². The SMILES string of the molecule is CC(C)(C)C(=O)NC1CCOC1=O. The molecule has 1 aliphatic heterocycles. The van der Waals surface area contributed by atoms with E-state index in [0.29, 0.717) is 13.0 Å². The summed E-state index contributed by atoms with van der Waals surface area (Å²) in [6.07, 6.45) is 0.584. The van der Waals surface area contributed by atoms with Crippen LogP contribution in [0.25, 0.3) is 0 Å². The smallest absolute Gasteiger partial charge is 0.328 e. The van der Waals surface area contributed by atoms with Gasteiger partial charge in [0.25, 0.3) is 0 Å². The molecule has 1 rings (SSSR count). The van der Waals surface area contributed by atoms with Crippen molar-refractivity contribution in [1.29, 1.82) is 0 Å². The van der Waals surface area contributed by atoms with E-state index in [4.69, 9.17) is 4.74 Å². The summed E-state index contributed by atoms with van der Waals surface area (Å²) in [5.41, 5.74) is -0.455. The lowest BCUT2D eigenvalue weighted by atomic mass is 9.95.